The first-order valence-corrected chi connectivity index (χ1v) is 9.57. The number of carbonyl (C=O) groups excluding carboxylic acids is 1. The van der Waals surface area contributed by atoms with E-state index < -0.39 is 5.97 Å². The van der Waals surface area contributed by atoms with Crippen LogP contribution in [0.4, 0.5) is 5.69 Å². The number of thioether (sulfide) groups is 1. The minimum absolute atomic E-state index is 0.00397. The first-order chi connectivity index (χ1) is 14.0. The van der Waals surface area contributed by atoms with Crippen molar-refractivity contribution in [2.45, 2.75) is 11.7 Å². The Balaban J connectivity index is 1.76. The molecule has 3 aromatic rings. The van der Waals surface area contributed by atoms with Crippen LogP contribution in [-0.4, -0.2) is 42.6 Å². The van der Waals surface area contributed by atoms with Gasteiger partial charge in [0.05, 0.1) is 22.6 Å². The number of rotatable bonds is 8. The fourth-order valence-electron chi connectivity index (χ4n) is 2.65. The van der Waals surface area contributed by atoms with E-state index in [-0.39, 0.29) is 28.7 Å². The summed E-state index contributed by atoms with van der Waals surface area (Å²) in [6.07, 6.45) is 1.67. The zero-order valence-corrected chi connectivity index (χ0v) is 16.1. The molecule has 0 fully saturated rings. The number of aromatic carboxylic acids is 1. The lowest BCUT2D eigenvalue weighted by Crippen LogP contribution is -2.17. The van der Waals surface area contributed by atoms with Crippen LogP contribution in [0, 0.1) is 0 Å². The average molecular weight is 410 g/mol. The molecule has 9 heteroatoms. The number of aromatic nitrogens is 3. The molecule has 0 aliphatic carbocycles. The number of aromatic hydroxyl groups is 1. The zero-order valence-electron chi connectivity index (χ0n) is 15.3. The zero-order chi connectivity index (χ0) is 20.8. The van der Waals surface area contributed by atoms with Gasteiger partial charge in [0.1, 0.15) is 5.75 Å². The quantitative estimate of drug-likeness (QED) is 0.385. The van der Waals surface area contributed by atoms with Gasteiger partial charge in [-0.1, -0.05) is 42.1 Å². The molecule has 8 nitrogen and oxygen atoms in total. The molecular formula is C20H18N4O4S. The highest BCUT2D eigenvalue weighted by molar-refractivity contribution is 7.99. The Kier molecular flexibility index (Phi) is 6.30. The normalized spacial score (nSPS) is 10.5. The van der Waals surface area contributed by atoms with E-state index in [0.717, 1.165) is 11.8 Å². The van der Waals surface area contributed by atoms with Gasteiger partial charge in [-0.25, -0.2) is 4.79 Å². The minimum atomic E-state index is -1.12. The van der Waals surface area contributed by atoms with Crippen LogP contribution in [0.3, 0.4) is 0 Å². The Hall–Kier alpha value is -3.59. The van der Waals surface area contributed by atoms with Crippen molar-refractivity contribution < 1.29 is 19.8 Å². The van der Waals surface area contributed by atoms with E-state index in [0.29, 0.717) is 23.1 Å². The smallest absolute Gasteiger partial charge is 0.337 e. The molecule has 1 amide bonds. The van der Waals surface area contributed by atoms with Gasteiger partial charge in [0, 0.05) is 6.54 Å². The van der Waals surface area contributed by atoms with Crippen LogP contribution in [0.25, 0.3) is 11.4 Å². The molecule has 0 spiro atoms. The molecule has 29 heavy (non-hydrogen) atoms. The number of amides is 1. The molecule has 3 rings (SSSR count). The van der Waals surface area contributed by atoms with Crippen LogP contribution in [-0.2, 0) is 11.3 Å². The number of carbonyl (C=O) groups is 2. The maximum atomic E-state index is 12.3. The molecule has 1 heterocycles. The fourth-order valence-corrected chi connectivity index (χ4v) is 3.39. The van der Waals surface area contributed by atoms with Crippen LogP contribution in [0.1, 0.15) is 10.4 Å². The van der Waals surface area contributed by atoms with E-state index in [1.807, 2.05) is 0 Å². The molecule has 0 saturated heterocycles. The summed E-state index contributed by atoms with van der Waals surface area (Å²) in [5.41, 5.74) is 0.768. The van der Waals surface area contributed by atoms with Gasteiger partial charge < -0.3 is 15.5 Å². The Labute approximate surface area is 170 Å². The second kappa shape index (κ2) is 9.07. The lowest BCUT2D eigenvalue weighted by atomic mass is 10.2. The highest BCUT2D eigenvalue weighted by Gasteiger charge is 2.18. The van der Waals surface area contributed by atoms with E-state index in [1.54, 1.807) is 47.0 Å². The lowest BCUT2D eigenvalue weighted by molar-refractivity contribution is -0.113. The van der Waals surface area contributed by atoms with Crippen LogP contribution in [0.5, 0.6) is 5.75 Å². The summed E-state index contributed by atoms with van der Waals surface area (Å²) in [5, 5.41) is 30.6. The number of phenols is 1. The molecule has 0 unspecified atom stereocenters. The Morgan fingerprint density at radius 1 is 1.14 bits per heavy atom. The van der Waals surface area contributed by atoms with Crippen molar-refractivity contribution in [2.24, 2.45) is 0 Å². The summed E-state index contributed by atoms with van der Waals surface area (Å²) in [4.78, 5) is 23.6. The topological polar surface area (TPSA) is 117 Å². The predicted octanol–water partition coefficient (Wildman–Crippen LogP) is 3.27. The van der Waals surface area contributed by atoms with Crippen LogP contribution < -0.4 is 5.32 Å². The Morgan fingerprint density at radius 2 is 1.86 bits per heavy atom. The number of nitrogens with zero attached hydrogens (tertiary/aromatic N) is 3. The van der Waals surface area contributed by atoms with Crippen LogP contribution in [0.2, 0.25) is 0 Å². The molecule has 0 bridgehead atoms. The first-order valence-electron chi connectivity index (χ1n) is 8.58. The van der Waals surface area contributed by atoms with Crippen molar-refractivity contribution in [3.8, 4) is 17.1 Å². The van der Waals surface area contributed by atoms with E-state index in [9.17, 15) is 19.8 Å². The highest BCUT2D eigenvalue weighted by atomic mass is 32.2. The highest BCUT2D eigenvalue weighted by Crippen LogP contribution is 2.30. The van der Waals surface area contributed by atoms with E-state index in [4.69, 9.17) is 0 Å². The van der Waals surface area contributed by atoms with Crippen molar-refractivity contribution in [1.29, 1.82) is 0 Å². The summed E-state index contributed by atoms with van der Waals surface area (Å²) in [6.45, 7) is 4.12. The monoisotopic (exact) mass is 410 g/mol. The standard InChI is InChI=1S/C20H18N4O4S/c1-2-11-24-18(14-8-4-6-10-16(14)25)22-23-20(24)29-12-17(26)21-15-9-5-3-7-13(15)19(27)28/h2-10,25H,1,11-12H2,(H,21,26)(H,27,28). The third-order valence-corrected chi connectivity index (χ3v) is 4.90. The van der Waals surface area contributed by atoms with Crippen molar-refractivity contribution in [2.75, 3.05) is 11.1 Å². The maximum absolute atomic E-state index is 12.3. The number of carboxylic acid groups (broad SMARTS) is 1. The SMILES string of the molecule is C=CCn1c(SCC(=O)Nc2ccccc2C(=O)O)nnc1-c1ccccc1O. The molecule has 0 saturated carbocycles. The third-order valence-electron chi connectivity index (χ3n) is 3.94. The number of benzene rings is 2. The third kappa shape index (κ3) is 4.64. The van der Waals surface area contributed by atoms with Gasteiger partial charge in [-0.15, -0.1) is 16.8 Å². The van der Waals surface area contributed by atoms with Gasteiger partial charge in [-0.2, -0.15) is 0 Å². The number of hydrogen-bond acceptors (Lipinski definition) is 6. The lowest BCUT2D eigenvalue weighted by Gasteiger charge is -2.10. The fraction of sp³-hybridized carbons (Fsp3) is 0.100. The molecule has 0 radical (unpaired) electrons. The molecule has 3 N–H and O–H groups in total. The number of para-hydroxylation sites is 2. The molecule has 2 aromatic carbocycles. The van der Waals surface area contributed by atoms with E-state index in [2.05, 4.69) is 22.1 Å². The second-order valence-electron chi connectivity index (χ2n) is 5.91. The Morgan fingerprint density at radius 3 is 2.59 bits per heavy atom. The number of allylic oxidation sites excluding steroid dienone is 1. The van der Waals surface area contributed by atoms with Crippen molar-refractivity contribution in [3.05, 3.63) is 66.7 Å². The predicted molar refractivity (Wildman–Crippen MR) is 110 cm³/mol. The minimum Gasteiger partial charge on any atom is -0.507 e. The summed E-state index contributed by atoms with van der Waals surface area (Å²) < 4.78 is 1.74. The summed E-state index contributed by atoms with van der Waals surface area (Å²) in [7, 11) is 0. The number of phenolic OH excluding ortho intramolecular Hbond substituents is 1. The molecule has 0 aliphatic heterocycles. The van der Waals surface area contributed by atoms with Gasteiger partial charge >= 0.3 is 5.97 Å². The Bertz CT molecular complexity index is 1060. The van der Waals surface area contributed by atoms with Crippen LogP contribution >= 0.6 is 11.8 Å². The molecule has 0 aliphatic rings. The number of carboxylic acids is 1. The number of hydrogen-bond donors (Lipinski definition) is 3. The van der Waals surface area contributed by atoms with Gasteiger partial charge in [-0.05, 0) is 24.3 Å². The van der Waals surface area contributed by atoms with E-state index >= 15 is 0 Å². The first kappa shape index (κ1) is 20.2. The molecule has 148 valence electrons. The van der Waals surface area contributed by atoms with Crippen molar-refractivity contribution in [3.63, 3.8) is 0 Å². The van der Waals surface area contributed by atoms with Gasteiger partial charge in [0.2, 0.25) is 5.91 Å². The summed E-state index contributed by atoms with van der Waals surface area (Å²) in [5.74, 6) is -0.955. The molecular weight excluding hydrogens is 392 g/mol. The largest absolute Gasteiger partial charge is 0.507 e. The van der Waals surface area contributed by atoms with Crippen molar-refractivity contribution in [1.82, 2.24) is 14.8 Å². The van der Waals surface area contributed by atoms with Gasteiger partial charge in [0.15, 0.2) is 11.0 Å². The second-order valence-corrected chi connectivity index (χ2v) is 6.85. The summed E-state index contributed by atoms with van der Waals surface area (Å²) >= 11 is 1.15. The van der Waals surface area contributed by atoms with Crippen molar-refractivity contribution >= 4 is 29.3 Å². The van der Waals surface area contributed by atoms with Crippen LogP contribution in [0.15, 0.2) is 66.3 Å². The molecule has 1 aromatic heterocycles. The van der Waals surface area contributed by atoms with Gasteiger partial charge in [-0.3, -0.25) is 9.36 Å². The summed E-state index contributed by atoms with van der Waals surface area (Å²) in [6, 6.07) is 13.0. The van der Waals surface area contributed by atoms with Gasteiger partial charge in [0.25, 0.3) is 0 Å². The number of anilines is 1. The molecule has 0 atom stereocenters. The average Bonchev–Trinajstić information content (AvgIpc) is 3.10. The van der Waals surface area contributed by atoms with E-state index in [1.165, 1.54) is 12.1 Å². The number of nitrogens with one attached hydrogen (secondary N) is 1. The maximum Gasteiger partial charge on any atom is 0.337 e.